The monoisotopic (exact) mass is 296 g/mol. The molecule has 1 heterocycles. The van der Waals surface area contributed by atoms with E-state index in [4.69, 9.17) is 24.0 Å². The first-order chi connectivity index (χ1) is 10.4. The molecule has 0 fully saturated rings. The molecule has 5 nitrogen and oxygen atoms in total. The van der Waals surface area contributed by atoms with E-state index >= 15 is 0 Å². The Balaban J connectivity index is 1.47. The van der Waals surface area contributed by atoms with Crippen molar-refractivity contribution in [2.24, 2.45) is 0 Å². The maximum absolute atomic E-state index is 5.58. The molecule has 0 N–H and O–H groups in total. The number of ether oxygens (including phenoxy) is 3. The molecule has 1 aliphatic heterocycles. The lowest BCUT2D eigenvalue weighted by atomic mass is 10.1. The van der Waals surface area contributed by atoms with E-state index in [1.165, 1.54) is 0 Å². The van der Waals surface area contributed by atoms with Gasteiger partial charge >= 0.3 is 0 Å². The third kappa shape index (κ3) is 6.01. The lowest BCUT2D eigenvalue weighted by Gasteiger charge is -2.07. The van der Waals surface area contributed by atoms with E-state index in [0.29, 0.717) is 39.6 Å². The average Bonchev–Trinajstić information content (AvgIpc) is 2.97. The summed E-state index contributed by atoms with van der Waals surface area (Å²) >= 11 is 0. The van der Waals surface area contributed by atoms with E-state index in [9.17, 15) is 0 Å². The Bertz CT molecular complexity index is 408. The van der Waals surface area contributed by atoms with Crippen molar-refractivity contribution in [2.45, 2.75) is 33.0 Å². The summed E-state index contributed by atoms with van der Waals surface area (Å²) in [5, 5.41) is 0. The Morgan fingerprint density at radius 3 is 2.57 bits per heavy atom. The molecule has 0 unspecified atom stereocenters. The van der Waals surface area contributed by atoms with Crippen LogP contribution in [0.25, 0.3) is 0 Å². The normalized spacial score (nSPS) is 13.2. The second-order valence-electron chi connectivity index (χ2n) is 4.92. The first-order valence-electron chi connectivity index (χ1n) is 7.54. The summed E-state index contributed by atoms with van der Waals surface area (Å²) < 4.78 is 16.4. The average molecular weight is 296 g/mol. The van der Waals surface area contributed by atoms with Crippen LogP contribution < -0.4 is 4.89 Å². The van der Waals surface area contributed by atoms with Gasteiger partial charge in [-0.15, -0.1) is 0 Å². The summed E-state index contributed by atoms with van der Waals surface area (Å²) in [6.07, 6.45) is 2.27. The molecule has 5 heteroatoms. The van der Waals surface area contributed by atoms with E-state index in [1.54, 1.807) is 0 Å². The van der Waals surface area contributed by atoms with Crippen LogP contribution in [0.4, 0.5) is 0 Å². The zero-order chi connectivity index (χ0) is 14.8. The quantitative estimate of drug-likeness (QED) is 0.464. The smallest absolute Gasteiger partial charge is 0.171 e. The largest absolute Gasteiger partial charge is 0.379 e. The van der Waals surface area contributed by atoms with Crippen LogP contribution in [-0.2, 0) is 32.3 Å². The predicted molar refractivity (Wildman–Crippen MR) is 78.1 cm³/mol. The Hall–Kier alpha value is -1.14. The first kappa shape index (κ1) is 16.2. The summed E-state index contributed by atoms with van der Waals surface area (Å²) in [5.74, 6) is 0.796. The van der Waals surface area contributed by atoms with Crippen LogP contribution in [0.2, 0.25) is 0 Å². The Morgan fingerprint density at radius 1 is 1.00 bits per heavy atom. The van der Waals surface area contributed by atoms with Gasteiger partial charge in [0.05, 0.1) is 33.0 Å². The van der Waals surface area contributed by atoms with Crippen LogP contribution in [0.3, 0.4) is 0 Å². The minimum atomic E-state index is 0.504. The summed E-state index contributed by atoms with van der Waals surface area (Å²) in [6.45, 7) is 6.51. The van der Waals surface area contributed by atoms with Crippen molar-refractivity contribution in [3.05, 3.63) is 29.3 Å². The maximum Gasteiger partial charge on any atom is 0.171 e. The van der Waals surface area contributed by atoms with Crippen molar-refractivity contribution in [1.29, 1.82) is 0 Å². The van der Waals surface area contributed by atoms with Crippen molar-refractivity contribution in [3.8, 4) is 5.75 Å². The molecule has 21 heavy (non-hydrogen) atoms. The molecular formula is C16H24O5. The minimum absolute atomic E-state index is 0.504. The molecule has 2 rings (SSSR count). The van der Waals surface area contributed by atoms with Crippen molar-refractivity contribution in [1.82, 2.24) is 0 Å². The van der Waals surface area contributed by atoms with Crippen LogP contribution in [0, 0.1) is 0 Å². The molecule has 118 valence electrons. The Morgan fingerprint density at radius 2 is 1.76 bits per heavy atom. The molecular weight excluding hydrogens is 272 g/mol. The maximum atomic E-state index is 5.58. The van der Waals surface area contributed by atoms with E-state index in [-0.39, 0.29) is 0 Å². The van der Waals surface area contributed by atoms with Gasteiger partial charge in [0.1, 0.15) is 6.61 Å². The number of rotatable bonds is 11. The van der Waals surface area contributed by atoms with Crippen molar-refractivity contribution < 1.29 is 24.0 Å². The number of benzene rings is 1. The highest BCUT2D eigenvalue weighted by Crippen LogP contribution is 2.26. The van der Waals surface area contributed by atoms with Crippen molar-refractivity contribution in [3.63, 3.8) is 0 Å². The lowest BCUT2D eigenvalue weighted by molar-refractivity contribution is -0.194. The van der Waals surface area contributed by atoms with Gasteiger partial charge in [0.2, 0.25) is 0 Å². The van der Waals surface area contributed by atoms with Crippen LogP contribution in [-0.4, -0.2) is 33.0 Å². The summed E-state index contributed by atoms with van der Waals surface area (Å²) in [7, 11) is 0. The first-order valence-corrected chi connectivity index (χ1v) is 7.54. The van der Waals surface area contributed by atoms with Crippen LogP contribution in [0.1, 0.15) is 30.9 Å². The third-order valence-corrected chi connectivity index (χ3v) is 3.14. The van der Waals surface area contributed by atoms with Crippen molar-refractivity contribution >= 4 is 0 Å². The van der Waals surface area contributed by atoms with Crippen molar-refractivity contribution in [2.75, 3.05) is 33.0 Å². The molecule has 0 aliphatic carbocycles. The number of hydrogen-bond donors (Lipinski definition) is 0. The van der Waals surface area contributed by atoms with Gasteiger partial charge in [-0.25, -0.2) is 0 Å². The topological polar surface area (TPSA) is 46.2 Å². The molecule has 1 aromatic rings. The van der Waals surface area contributed by atoms with Crippen LogP contribution in [0.5, 0.6) is 5.75 Å². The van der Waals surface area contributed by atoms with E-state index in [0.717, 1.165) is 36.3 Å². The molecule has 0 aromatic heterocycles. The second-order valence-corrected chi connectivity index (χ2v) is 4.92. The zero-order valence-electron chi connectivity index (χ0n) is 12.6. The predicted octanol–water partition coefficient (Wildman–Crippen LogP) is 2.86. The number of unbranched alkanes of at least 4 members (excludes halogenated alkanes) is 1. The fraction of sp³-hybridized carbons (Fsp3) is 0.625. The zero-order valence-corrected chi connectivity index (χ0v) is 12.6. The molecule has 0 saturated heterocycles. The van der Waals surface area contributed by atoms with Gasteiger partial charge in [-0.05, 0) is 24.1 Å². The van der Waals surface area contributed by atoms with Gasteiger partial charge in [0, 0.05) is 12.2 Å². The standard InChI is InChI=1S/C16H24O5/c1-2-3-6-17-7-8-18-9-10-19-12-14-4-5-16-15(11-14)13-20-21-16/h4-5,11H,2-3,6-10,12-13H2,1H3. The molecule has 0 amide bonds. The summed E-state index contributed by atoms with van der Waals surface area (Å²) in [4.78, 5) is 9.89. The highest BCUT2D eigenvalue weighted by atomic mass is 17.2. The second kappa shape index (κ2) is 9.73. The van der Waals surface area contributed by atoms with Crippen LogP contribution >= 0.6 is 0 Å². The molecule has 1 aliphatic rings. The Kier molecular flexibility index (Phi) is 7.53. The molecule has 0 spiro atoms. The molecule has 0 atom stereocenters. The number of fused-ring (bicyclic) bond motifs is 1. The third-order valence-electron chi connectivity index (χ3n) is 3.14. The molecule has 1 aromatic carbocycles. The fourth-order valence-electron chi connectivity index (χ4n) is 1.95. The minimum Gasteiger partial charge on any atom is -0.379 e. The van der Waals surface area contributed by atoms with Gasteiger partial charge in [-0.3, -0.25) is 0 Å². The van der Waals surface area contributed by atoms with Gasteiger partial charge in [-0.2, -0.15) is 4.89 Å². The van der Waals surface area contributed by atoms with Gasteiger partial charge in [-0.1, -0.05) is 19.4 Å². The highest BCUT2D eigenvalue weighted by molar-refractivity contribution is 5.37. The van der Waals surface area contributed by atoms with Gasteiger partial charge in [0.15, 0.2) is 5.75 Å². The van der Waals surface area contributed by atoms with E-state index < -0.39 is 0 Å². The summed E-state index contributed by atoms with van der Waals surface area (Å²) in [6, 6.07) is 5.94. The SMILES string of the molecule is CCCCOCCOCCOCc1ccc2c(c1)COO2. The molecule has 0 radical (unpaired) electrons. The lowest BCUT2D eigenvalue weighted by Crippen LogP contribution is -2.09. The summed E-state index contributed by atoms with van der Waals surface area (Å²) in [5.41, 5.74) is 2.18. The van der Waals surface area contributed by atoms with Gasteiger partial charge < -0.3 is 19.1 Å². The Labute approximate surface area is 126 Å². The van der Waals surface area contributed by atoms with E-state index in [1.807, 2.05) is 18.2 Å². The molecule has 0 bridgehead atoms. The van der Waals surface area contributed by atoms with Gasteiger partial charge in [0.25, 0.3) is 0 Å². The molecule has 0 saturated carbocycles. The highest BCUT2D eigenvalue weighted by Gasteiger charge is 2.13. The van der Waals surface area contributed by atoms with E-state index in [2.05, 4.69) is 6.92 Å². The van der Waals surface area contributed by atoms with Crippen LogP contribution in [0.15, 0.2) is 18.2 Å². The fourth-order valence-corrected chi connectivity index (χ4v) is 1.95. The number of hydrogen-bond acceptors (Lipinski definition) is 5.